The number of hydrogen-bond acceptors (Lipinski definition) is 7. The first kappa shape index (κ1) is 20.6. The van der Waals surface area contributed by atoms with E-state index < -0.39 is 11.9 Å². The van der Waals surface area contributed by atoms with Crippen LogP contribution in [-0.2, 0) is 20.0 Å². The van der Waals surface area contributed by atoms with Crippen LogP contribution < -0.4 is 14.8 Å². The summed E-state index contributed by atoms with van der Waals surface area (Å²) in [6, 6.07) is 4.65. The highest BCUT2D eigenvalue weighted by Crippen LogP contribution is 2.30. The third kappa shape index (κ3) is 3.67. The minimum atomic E-state index is -0.829. The van der Waals surface area contributed by atoms with Crippen molar-refractivity contribution in [2.75, 3.05) is 6.61 Å². The van der Waals surface area contributed by atoms with Gasteiger partial charge in [0.25, 0.3) is 0 Å². The number of aryl methyl sites for hydroxylation is 2. The molecular formula is C22H19FN6O4. The smallest absolute Gasteiger partial charge is 0.415 e. The summed E-state index contributed by atoms with van der Waals surface area (Å²) in [6.07, 6.45) is 3.25. The number of fused-ring (bicyclic) bond motifs is 2. The van der Waals surface area contributed by atoms with Gasteiger partial charge >= 0.3 is 12.1 Å². The van der Waals surface area contributed by atoms with Crippen molar-refractivity contribution in [3.05, 3.63) is 58.9 Å². The van der Waals surface area contributed by atoms with Crippen molar-refractivity contribution in [2.45, 2.75) is 19.9 Å². The van der Waals surface area contributed by atoms with Crippen LogP contribution in [0.3, 0.4) is 0 Å². The molecule has 1 aliphatic rings. The van der Waals surface area contributed by atoms with Gasteiger partial charge in [-0.15, -0.1) is 0 Å². The summed E-state index contributed by atoms with van der Waals surface area (Å²) < 4.78 is 28.2. The van der Waals surface area contributed by atoms with Crippen LogP contribution in [-0.4, -0.2) is 43.1 Å². The Hall–Kier alpha value is -4.28. The second-order valence-corrected chi connectivity index (χ2v) is 7.57. The summed E-state index contributed by atoms with van der Waals surface area (Å²) in [6.45, 7) is 2.26. The van der Waals surface area contributed by atoms with Crippen LogP contribution >= 0.6 is 0 Å². The van der Waals surface area contributed by atoms with Crippen molar-refractivity contribution in [2.24, 2.45) is 7.05 Å². The Morgan fingerprint density at radius 3 is 3.00 bits per heavy atom. The molecule has 10 nitrogen and oxygen atoms in total. The third-order valence-electron chi connectivity index (χ3n) is 5.41. The van der Waals surface area contributed by atoms with E-state index in [4.69, 9.17) is 9.47 Å². The lowest BCUT2D eigenvalue weighted by Crippen LogP contribution is -2.28. The lowest BCUT2D eigenvalue weighted by Gasteiger charge is -2.11. The summed E-state index contributed by atoms with van der Waals surface area (Å²) >= 11 is 0. The summed E-state index contributed by atoms with van der Waals surface area (Å²) in [5.41, 5.74) is 3.76. The number of amides is 1. The van der Waals surface area contributed by atoms with Gasteiger partial charge in [0.15, 0.2) is 11.9 Å². The molecule has 0 saturated carbocycles. The van der Waals surface area contributed by atoms with Gasteiger partial charge in [0.1, 0.15) is 17.3 Å². The van der Waals surface area contributed by atoms with E-state index in [1.807, 2.05) is 13.0 Å². The van der Waals surface area contributed by atoms with Gasteiger partial charge in [-0.3, -0.25) is 13.9 Å². The van der Waals surface area contributed by atoms with E-state index in [9.17, 15) is 14.0 Å². The monoisotopic (exact) mass is 450 g/mol. The number of carbonyl (C=O) groups is 2. The molecule has 1 amide bonds. The number of nitrogens with zero attached hydrogens (tertiary/aromatic N) is 5. The largest absolute Gasteiger partial charge is 0.493 e. The SMILES string of the molecule is Cc1cc(-c2cnc(OC(=O)NCc3c(F)ccc4c3CCO4)n3cc(C=O)nc23)n(C)n1. The number of carbonyl (C=O) groups excluding carboxylic acids is 2. The number of ether oxygens (including phenoxy) is 2. The van der Waals surface area contributed by atoms with Gasteiger partial charge in [-0.25, -0.2) is 19.2 Å². The molecule has 0 saturated heterocycles. The van der Waals surface area contributed by atoms with Crippen LogP contribution in [0.1, 0.15) is 27.3 Å². The lowest BCUT2D eigenvalue weighted by molar-refractivity contribution is 0.111. The number of rotatable bonds is 5. The minimum absolute atomic E-state index is 0.0732. The quantitative estimate of drug-likeness (QED) is 0.465. The minimum Gasteiger partial charge on any atom is -0.493 e. The molecule has 11 heteroatoms. The van der Waals surface area contributed by atoms with Gasteiger partial charge in [0.2, 0.25) is 0 Å². The summed E-state index contributed by atoms with van der Waals surface area (Å²) in [7, 11) is 1.78. The standard InChI is InChI=1S/C22H19FN6O4/c1-12-7-18(28(2)27-12)16-9-24-21(29-10-13(11-30)26-20(16)29)33-22(31)25-8-15-14-5-6-32-19(14)4-3-17(15)23/h3-4,7,9-11H,5-6,8H2,1-2H3,(H,25,31). The molecule has 0 spiro atoms. The molecule has 5 rings (SSSR count). The van der Waals surface area contributed by atoms with Crippen LogP contribution in [0.15, 0.2) is 30.6 Å². The van der Waals surface area contributed by atoms with Crippen LogP contribution in [0.2, 0.25) is 0 Å². The number of aromatic nitrogens is 5. The maximum absolute atomic E-state index is 14.3. The molecule has 1 aromatic carbocycles. The molecule has 3 aromatic heterocycles. The maximum atomic E-state index is 14.3. The highest BCUT2D eigenvalue weighted by molar-refractivity contribution is 5.80. The van der Waals surface area contributed by atoms with Crippen LogP contribution in [0.5, 0.6) is 11.8 Å². The lowest BCUT2D eigenvalue weighted by atomic mass is 10.0. The molecule has 0 atom stereocenters. The Labute approximate surface area is 187 Å². The van der Waals surface area contributed by atoms with Crippen molar-refractivity contribution >= 4 is 18.0 Å². The Balaban J connectivity index is 1.42. The Morgan fingerprint density at radius 2 is 2.24 bits per heavy atom. The molecule has 0 fully saturated rings. The van der Waals surface area contributed by atoms with E-state index in [2.05, 4.69) is 20.4 Å². The average Bonchev–Trinajstić information content (AvgIpc) is 3.51. The van der Waals surface area contributed by atoms with Crippen LogP contribution in [0, 0.1) is 12.7 Å². The van der Waals surface area contributed by atoms with Gasteiger partial charge in [-0.1, -0.05) is 0 Å². The molecule has 0 bridgehead atoms. The molecule has 0 unspecified atom stereocenters. The fraction of sp³-hybridized carbons (Fsp3) is 0.227. The normalized spacial score (nSPS) is 12.5. The van der Waals surface area contributed by atoms with Gasteiger partial charge < -0.3 is 14.8 Å². The Bertz CT molecular complexity index is 1410. The molecule has 168 valence electrons. The van der Waals surface area contributed by atoms with Gasteiger partial charge in [-0.2, -0.15) is 5.10 Å². The molecule has 1 aliphatic heterocycles. The summed E-state index contributed by atoms with van der Waals surface area (Å²) in [5, 5.41) is 6.87. The number of nitrogens with one attached hydrogen (secondary N) is 1. The topological polar surface area (TPSA) is 113 Å². The molecule has 33 heavy (non-hydrogen) atoms. The average molecular weight is 450 g/mol. The third-order valence-corrected chi connectivity index (χ3v) is 5.41. The van der Waals surface area contributed by atoms with Gasteiger partial charge in [0, 0.05) is 43.5 Å². The number of hydrogen-bond donors (Lipinski definition) is 1. The predicted octanol–water partition coefficient (Wildman–Crippen LogP) is 2.61. The predicted molar refractivity (Wildman–Crippen MR) is 114 cm³/mol. The van der Waals surface area contributed by atoms with Crippen LogP contribution in [0.25, 0.3) is 16.9 Å². The fourth-order valence-corrected chi connectivity index (χ4v) is 3.94. The van der Waals surface area contributed by atoms with Crippen molar-refractivity contribution in [1.29, 1.82) is 0 Å². The molecule has 0 radical (unpaired) electrons. The Morgan fingerprint density at radius 1 is 1.39 bits per heavy atom. The van der Waals surface area contributed by atoms with Crippen LogP contribution in [0.4, 0.5) is 9.18 Å². The van der Waals surface area contributed by atoms with E-state index in [0.29, 0.717) is 41.8 Å². The molecular weight excluding hydrogens is 431 g/mol. The van der Waals surface area contributed by atoms with Crippen molar-refractivity contribution in [3.8, 4) is 23.0 Å². The van der Waals surface area contributed by atoms with E-state index in [-0.39, 0.29) is 18.2 Å². The van der Waals surface area contributed by atoms with E-state index in [1.54, 1.807) is 17.8 Å². The zero-order valence-corrected chi connectivity index (χ0v) is 17.8. The molecule has 4 aromatic rings. The highest BCUT2D eigenvalue weighted by Gasteiger charge is 2.21. The highest BCUT2D eigenvalue weighted by atomic mass is 19.1. The number of benzene rings is 1. The molecule has 0 aliphatic carbocycles. The Kier molecular flexibility index (Phi) is 5.00. The summed E-state index contributed by atoms with van der Waals surface area (Å²) in [5.74, 6) is 0.187. The maximum Gasteiger partial charge on any atom is 0.415 e. The van der Waals surface area contributed by atoms with E-state index >= 15 is 0 Å². The number of halogens is 1. The van der Waals surface area contributed by atoms with Crippen molar-refractivity contribution in [3.63, 3.8) is 0 Å². The zero-order valence-electron chi connectivity index (χ0n) is 17.8. The van der Waals surface area contributed by atoms with Gasteiger partial charge in [-0.05, 0) is 25.1 Å². The molecule has 4 heterocycles. The second-order valence-electron chi connectivity index (χ2n) is 7.57. The first-order chi connectivity index (χ1) is 15.9. The number of aldehydes is 1. The first-order valence-corrected chi connectivity index (χ1v) is 10.2. The fourth-order valence-electron chi connectivity index (χ4n) is 3.94. The molecule has 1 N–H and O–H groups in total. The summed E-state index contributed by atoms with van der Waals surface area (Å²) in [4.78, 5) is 32.4. The van der Waals surface area contributed by atoms with Gasteiger partial charge in [0.05, 0.1) is 23.6 Å². The van der Waals surface area contributed by atoms with E-state index in [1.165, 1.54) is 22.9 Å². The van der Waals surface area contributed by atoms with E-state index in [0.717, 1.165) is 17.0 Å². The second kappa shape index (κ2) is 8.01. The first-order valence-electron chi connectivity index (χ1n) is 10.2. The zero-order chi connectivity index (χ0) is 23.1. The van der Waals surface area contributed by atoms with Crippen molar-refractivity contribution in [1.82, 2.24) is 29.5 Å². The number of imidazole rings is 1. The van der Waals surface area contributed by atoms with Crippen molar-refractivity contribution < 1.29 is 23.5 Å².